The molecule has 1 aliphatic rings. The fourth-order valence-electron chi connectivity index (χ4n) is 3.25. The molecule has 1 nitrogen and oxygen atoms in total. The Morgan fingerprint density at radius 3 is 2.56 bits per heavy atom. The Balaban J connectivity index is 2.40. The van der Waals surface area contributed by atoms with Gasteiger partial charge in [0.15, 0.2) is 0 Å². The summed E-state index contributed by atoms with van der Waals surface area (Å²) in [5.74, 6) is -0.202. The topological polar surface area (TPSA) is 20.2 Å². The highest BCUT2D eigenvalue weighted by Gasteiger charge is 2.44. The fraction of sp³-hybridized carbons (Fsp3) is 0.625. The van der Waals surface area contributed by atoms with Gasteiger partial charge in [-0.25, -0.2) is 4.39 Å². The van der Waals surface area contributed by atoms with Gasteiger partial charge in [0.1, 0.15) is 5.82 Å². The molecule has 0 heterocycles. The van der Waals surface area contributed by atoms with E-state index in [1.807, 2.05) is 13.8 Å². The van der Waals surface area contributed by atoms with Crippen LogP contribution < -0.4 is 0 Å². The maximum atomic E-state index is 14.0. The molecule has 0 amide bonds. The van der Waals surface area contributed by atoms with Crippen molar-refractivity contribution in [2.75, 3.05) is 0 Å². The predicted octanol–water partition coefficient (Wildman–Crippen LogP) is 4.17. The Bertz CT molecular complexity index is 452. The Labute approximate surface area is 109 Å². The van der Waals surface area contributed by atoms with E-state index in [-0.39, 0.29) is 17.2 Å². The van der Waals surface area contributed by atoms with E-state index in [9.17, 15) is 9.50 Å². The van der Waals surface area contributed by atoms with Gasteiger partial charge in [-0.3, -0.25) is 0 Å². The zero-order valence-corrected chi connectivity index (χ0v) is 11.8. The molecule has 2 heteroatoms. The highest BCUT2D eigenvalue weighted by Crippen LogP contribution is 2.49. The third-order valence-corrected chi connectivity index (χ3v) is 4.45. The molecule has 0 radical (unpaired) electrons. The van der Waals surface area contributed by atoms with Crippen LogP contribution in [0.15, 0.2) is 18.2 Å². The quantitative estimate of drug-likeness (QED) is 0.793. The molecule has 2 rings (SSSR count). The molecule has 1 aliphatic carbocycles. The summed E-state index contributed by atoms with van der Waals surface area (Å²) < 4.78 is 14.0. The van der Waals surface area contributed by atoms with Gasteiger partial charge in [0.25, 0.3) is 0 Å². The van der Waals surface area contributed by atoms with Gasteiger partial charge in [-0.05, 0) is 43.6 Å². The third-order valence-electron chi connectivity index (χ3n) is 4.45. The highest BCUT2D eigenvalue weighted by molar-refractivity contribution is 5.30. The number of hydrogen-bond acceptors (Lipinski definition) is 1. The van der Waals surface area contributed by atoms with E-state index in [2.05, 4.69) is 13.8 Å². The summed E-state index contributed by atoms with van der Waals surface area (Å²) in [6.07, 6.45) is 2.50. The standard InChI is InChI=1S/C16H23FO/c1-11-5-6-14(17)13(9-11)16(18)8-7-15(3,4)10-12(16)2/h5-6,9,12,18H,7-8,10H2,1-4H3. The van der Waals surface area contributed by atoms with Crippen LogP contribution in [0, 0.1) is 24.1 Å². The average molecular weight is 250 g/mol. The first-order valence-corrected chi connectivity index (χ1v) is 6.74. The lowest BCUT2D eigenvalue weighted by Gasteiger charge is -2.45. The second kappa shape index (κ2) is 4.34. The Hall–Kier alpha value is -0.890. The Morgan fingerprint density at radius 1 is 1.28 bits per heavy atom. The van der Waals surface area contributed by atoms with Crippen LogP contribution in [0.4, 0.5) is 4.39 Å². The van der Waals surface area contributed by atoms with Gasteiger partial charge in [-0.15, -0.1) is 0 Å². The van der Waals surface area contributed by atoms with E-state index in [4.69, 9.17) is 0 Å². The lowest BCUT2D eigenvalue weighted by Crippen LogP contribution is -2.42. The van der Waals surface area contributed by atoms with E-state index < -0.39 is 5.60 Å². The van der Waals surface area contributed by atoms with Crippen molar-refractivity contribution in [3.8, 4) is 0 Å². The molecule has 0 aliphatic heterocycles. The average Bonchev–Trinajstić information content (AvgIpc) is 2.27. The van der Waals surface area contributed by atoms with Gasteiger partial charge in [0.05, 0.1) is 5.60 Å². The van der Waals surface area contributed by atoms with E-state index in [0.717, 1.165) is 18.4 Å². The Morgan fingerprint density at radius 2 is 1.94 bits per heavy atom. The second-order valence-corrected chi connectivity index (χ2v) is 6.68. The van der Waals surface area contributed by atoms with Gasteiger partial charge in [-0.2, -0.15) is 0 Å². The van der Waals surface area contributed by atoms with Gasteiger partial charge >= 0.3 is 0 Å². The van der Waals surface area contributed by atoms with E-state index in [1.54, 1.807) is 12.1 Å². The molecule has 1 aromatic rings. The first-order valence-electron chi connectivity index (χ1n) is 6.74. The molecule has 1 saturated carbocycles. The maximum absolute atomic E-state index is 14.0. The van der Waals surface area contributed by atoms with Crippen molar-refractivity contribution >= 4 is 0 Å². The lowest BCUT2D eigenvalue weighted by molar-refractivity contribution is -0.0792. The van der Waals surface area contributed by atoms with Crippen molar-refractivity contribution in [3.63, 3.8) is 0 Å². The predicted molar refractivity (Wildman–Crippen MR) is 71.8 cm³/mol. The molecule has 1 fully saturated rings. The minimum atomic E-state index is -1.01. The second-order valence-electron chi connectivity index (χ2n) is 6.68. The number of aryl methyl sites for hydroxylation is 1. The van der Waals surface area contributed by atoms with E-state index >= 15 is 0 Å². The fourth-order valence-corrected chi connectivity index (χ4v) is 3.25. The smallest absolute Gasteiger partial charge is 0.129 e. The van der Waals surface area contributed by atoms with Crippen LogP contribution in [-0.2, 0) is 5.60 Å². The summed E-state index contributed by atoms with van der Waals surface area (Å²) in [5.41, 5.74) is 0.708. The monoisotopic (exact) mass is 250 g/mol. The van der Waals surface area contributed by atoms with Crippen molar-refractivity contribution in [2.24, 2.45) is 11.3 Å². The number of rotatable bonds is 1. The number of benzene rings is 1. The minimum absolute atomic E-state index is 0.0811. The SMILES string of the molecule is Cc1ccc(F)c(C2(O)CCC(C)(C)CC2C)c1. The highest BCUT2D eigenvalue weighted by atomic mass is 19.1. The maximum Gasteiger partial charge on any atom is 0.129 e. The minimum Gasteiger partial charge on any atom is -0.385 e. The summed E-state index contributed by atoms with van der Waals surface area (Å²) >= 11 is 0. The van der Waals surface area contributed by atoms with E-state index in [0.29, 0.717) is 12.0 Å². The summed E-state index contributed by atoms with van der Waals surface area (Å²) in [4.78, 5) is 0. The molecule has 0 bridgehead atoms. The first kappa shape index (κ1) is 13.5. The van der Waals surface area contributed by atoms with Gasteiger partial charge < -0.3 is 5.11 Å². The Kier molecular flexibility index (Phi) is 3.26. The summed E-state index contributed by atoms with van der Waals surface area (Å²) in [6.45, 7) is 8.40. The van der Waals surface area contributed by atoms with Crippen LogP contribution in [0.25, 0.3) is 0 Å². The van der Waals surface area contributed by atoms with Crippen LogP contribution in [-0.4, -0.2) is 5.11 Å². The van der Waals surface area contributed by atoms with Crippen molar-refractivity contribution in [3.05, 3.63) is 35.1 Å². The first-order chi connectivity index (χ1) is 8.24. The molecular formula is C16H23FO. The third kappa shape index (κ3) is 2.31. The molecular weight excluding hydrogens is 227 g/mol. The van der Waals surface area contributed by atoms with Crippen molar-refractivity contribution < 1.29 is 9.50 Å². The van der Waals surface area contributed by atoms with Crippen LogP contribution in [0.2, 0.25) is 0 Å². The summed E-state index contributed by atoms with van der Waals surface area (Å²) in [5, 5.41) is 10.9. The van der Waals surface area contributed by atoms with Gasteiger partial charge in [0.2, 0.25) is 0 Å². The number of hydrogen-bond donors (Lipinski definition) is 1. The van der Waals surface area contributed by atoms with Crippen LogP contribution in [0.5, 0.6) is 0 Å². The normalized spacial score (nSPS) is 31.3. The van der Waals surface area contributed by atoms with Gasteiger partial charge in [0, 0.05) is 5.56 Å². The lowest BCUT2D eigenvalue weighted by atomic mass is 9.63. The number of halogens is 1. The summed E-state index contributed by atoms with van der Waals surface area (Å²) in [6, 6.07) is 5.01. The zero-order valence-electron chi connectivity index (χ0n) is 11.8. The molecule has 1 aromatic carbocycles. The molecule has 2 unspecified atom stereocenters. The molecule has 100 valence electrons. The summed E-state index contributed by atoms with van der Waals surface area (Å²) in [7, 11) is 0. The molecule has 0 aromatic heterocycles. The molecule has 2 atom stereocenters. The molecule has 18 heavy (non-hydrogen) atoms. The largest absolute Gasteiger partial charge is 0.385 e. The molecule has 1 N–H and O–H groups in total. The van der Waals surface area contributed by atoms with E-state index in [1.165, 1.54) is 6.07 Å². The van der Waals surface area contributed by atoms with Crippen molar-refractivity contribution in [2.45, 2.75) is 52.6 Å². The molecule has 0 saturated heterocycles. The van der Waals surface area contributed by atoms with Gasteiger partial charge in [-0.1, -0.05) is 38.5 Å². The molecule has 0 spiro atoms. The van der Waals surface area contributed by atoms with Crippen molar-refractivity contribution in [1.29, 1.82) is 0 Å². The van der Waals surface area contributed by atoms with Crippen LogP contribution in [0.3, 0.4) is 0 Å². The van der Waals surface area contributed by atoms with Crippen LogP contribution in [0.1, 0.15) is 51.2 Å². The van der Waals surface area contributed by atoms with Crippen LogP contribution >= 0.6 is 0 Å². The zero-order chi connectivity index (χ0) is 13.6. The van der Waals surface area contributed by atoms with Crippen molar-refractivity contribution in [1.82, 2.24) is 0 Å². The number of aliphatic hydroxyl groups is 1.